The molecule has 32 heavy (non-hydrogen) atoms. The number of rotatable bonds is 1. The molecule has 150 valence electrons. The Morgan fingerprint density at radius 2 is 1.69 bits per heavy atom. The van der Waals surface area contributed by atoms with Gasteiger partial charge in [0.25, 0.3) is 5.69 Å². The molecular formula is C22H9N7O3. The van der Waals surface area contributed by atoms with Crippen molar-refractivity contribution in [3.63, 3.8) is 0 Å². The molecule has 0 aliphatic carbocycles. The molecule has 3 aromatic carbocycles. The summed E-state index contributed by atoms with van der Waals surface area (Å²) in [4.78, 5) is 19.8. The fraction of sp³-hybridized carbons (Fsp3) is 0.0455. The maximum Gasteiger partial charge on any atom is 0.271 e. The molecular weight excluding hydrogens is 410 g/mol. The maximum absolute atomic E-state index is 11.2. The molecule has 5 rings (SSSR count). The smallest absolute Gasteiger partial charge is 0.271 e. The number of ether oxygens (including phenoxy) is 1. The summed E-state index contributed by atoms with van der Waals surface area (Å²) in [5.74, 6) is -0.194. The van der Waals surface area contributed by atoms with E-state index in [9.17, 15) is 25.9 Å². The zero-order chi connectivity index (χ0) is 22.6. The SMILES string of the molecule is N#CC1=C(N)Oc2c(c3nc4ccc([N+](=O)[O-])cc4nc3c3ccccc23)C1(C#N)C#N. The second-order valence-corrected chi connectivity index (χ2v) is 7.03. The number of aromatic nitrogens is 2. The Kier molecular flexibility index (Phi) is 3.73. The number of nitro groups is 1. The molecule has 0 unspecified atom stereocenters. The Morgan fingerprint density at radius 1 is 1.00 bits per heavy atom. The molecule has 0 amide bonds. The highest BCUT2D eigenvalue weighted by molar-refractivity contribution is 6.12. The molecule has 0 atom stereocenters. The van der Waals surface area contributed by atoms with Crippen LogP contribution in [0.1, 0.15) is 5.56 Å². The molecule has 10 nitrogen and oxygen atoms in total. The summed E-state index contributed by atoms with van der Waals surface area (Å²) in [6.07, 6.45) is 0. The lowest BCUT2D eigenvalue weighted by atomic mass is 9.74. The molecule has 1 aliphatic heterocycles. The molecule has 4 aromatic rings. The average Bonchev–Trinajstić information content (AvgIpc) is 2.81. The highest BCUT2D eigenvalue weighted by atomic mass is 16.6. The largest absolute Gasteiger partial charge is 0.439 e. The van der Waals surface area contributed by atoms with Gasteiger partial charge in [0.05, 0.1) is 39.2 Å². The number of hydrogen-bond donors (Lipinski definition) is 1. The van der Waals surface area contributed by atoms with E-state index in [-0.39, 0.29) is 39.5 Å². The molecule has 2 heterocycles. The summed E-state index contributed by atoms with van der Waals surface area (Å²) in [5, 5.41) is 42.1. The van der Waals surface area contributed by atoms with E-state index in [1.165, 1.54) is 18.2 Å². The lowest BCUT2D eigenvalue weighted by Crippen LogP contribution is -2.34. The molecule has 0 fully saturated rings. The zero-order valence-corrected chi connectivity index (χ0v) is 16.0. The van der Waals surface area contributed by atoms with Crippen LogP contribution in [-0.2, 0) is 5.41 Å². The van der Waals surface area contributed by atoms with Crippen LogP contribution in [0.4, 0.5) is 5.69 Å². The van der Waals surface area contributed by atoms with E-state index in [0.717, 1.165) is 0 Å². The van der Waals surface area contributed by atoms with Crippen molar-refractivity contribution in [2.75, 3.05) is 0 Å². The van der Waals surface area contributed by atoms with Crippen molar-refractivity contribution in [1.29, 1.82) is 15.8 Å². The second kappa shape index (κ2) is 6.36. The minimum absolute atomic E-state index is 0.0645. The van der Waals surface area contributed by atoms with Gasteiger partial charge in [-0.15, -0.1) is 0 Å². The standard InChI is InChI=1S/C22H9N7O3/c23-8-14-21(26)32-20-13-4-2-1-3-12(13)18-19(17(20)22(14,9-24)10-25)27-15-6-5-11(29(30)31)7-16(15)28-18/h1-7H,26H2. The number of non-ortho nitro benzene ring substituents is 1. The van der Waals surface area contributed by atoms with Crippen LogP contribution in [0.15, 0.2) is 53.9 Å². The van der Waals surface area contributed by atoms with Crippen LogP contribution in [0.25, 0.3) is 32.8 Å². The first-order chi connectivity index (χ1) is 15.4. The summed E-state index contributed by atoms with van der Waals surface area (Å²) in [6, 6.07) is 16.6. The number of allylic oxidation sites excluding steroid dienone is 1. The van der Waals surface area contributed by atoms with Gasteiger partial charge in [0.1, 0.15) is 22.9 Å². The van der Waals surface area contributed by atoms with E-state index in [1.807, 2.05) is 18.2 Å². The normalized spacial score (nSPS) is 14.3. The maximum atomic E-state index is 11.2. The van der Waals surface area contributed by atoms with Gasteiger partial charge in [0.2, 0.25) is 11.3 Å². The van der Waals surface area contributed by atoms with Crippen LogP contribution >= 0.6 is 0 Å². The quantitative estimate of drug-likeness (QED) is 0.210. The summed E-state index contributed by atoms with van der Waals surface area (Å²) >= 11 is 0. The van der Waals surface area contributed by atoms with Crippen molar-refractivity contribution in [3.05, 3.63) is 69.6 Å². The molecule has 0 spiro atoms. The molecule has 0 radical (unpaired) electrons. The van der Waals surface area contributed by atoms with E-state index in [0.29, 0.717) is 21.8 Å². The molecule has 0 bridgehead atoms. The first kappa shape index (κ1) is 18.7. The number of nitrogens with zero attached hydrogens (tertiary/aromatic N) is 6. The minimum atomic E-state index is -2.07. The average molecular weight is 419 g/mol. The third kappa shape index (κ3) is 2.25. The monoisotopic (exact) mass is 419 g/mol. The molecule has 10 heteroatoms. The second-order valence-electron chi connectivity index (χ2n) is 7.03. The van der Waals surface area contributed by atoms with Crippen LogP contribution in [-0.4, -0.2) is 14.9 Å². The number of fused-ring (bicyclic) bond motifs is 7. The summed E-state index contributed by atoms with van der Waals surface area (Å²) < 4.78 is 5.75. The molecule has 1 aliphatic rings. The van der Waals surface area contributed by atoms with Crippen LogP contribution < -0.4 is 10.5 Å². The molecule has 1 aromatic heterocycles. The Hall–Kier alpha value is -5.27. The van der Waals surface area contributed by atoms with Crippen LogP contribution in [0.5, 0.6) is 5.75 Å². The van der Waals surface area contributed by atoms with Gasteiger partial charge in [-0.1, -0.05) is 24.3 Å². The number of nitro benzene ring substituents is 1. The van der Waals surface area contributed by atoms with E-state index in [1.54, 1.807) is 24.3 Å². The number of nitrogens with two attached hydrogens (primary N) is 1. The van der Waals surface area contributed by atoms with Crippen molar-refractivity contribution in [2.45, 2.75) is 5.41 Å². The Balaban J connectivity index is 2.05. The molecule has 0 saturated heterocycles. The predicted molar refractivity (Wildman–Crippen MR) is 112 cm³/mol. The van der Waals surface area contributed by atoms with E-state index in [2.05, 4.69) is 9.97 Å². The van der Waals surface area contributed by atoms with Crippen LogP contribution in [0, 0.1) is 44.1 Å². The summed E-state index contributed by atoms with van der Waals surface area (Å²) in [6.45, 7) is 0. The molecule has 0 saturated carbocycles. The highest BCUT2D eigenvalue weighted by Gasteiger charge is 2.48. The Morgan fingerprint density at radius 3 is 2.34 bits per heavy atom. The van der Waals surface area contributed by atoms with Gasteiger partial charge in [-0.05, 0) is 6.07 Å². The fourth-order valence-electron chi connectivity index (χ4n) is 3.96. The van der Waals surface area contributed by atoms with E-state index in [4.69, 9.17) is 10.5 Å². The fourth-order valence-corrected chi connectivity index (χ4v) is 3.96. The number of nitriles is 3. The predicted octanol–water partition coefficient (Wildman–Crippen LogP) is 3.22. The van der Waals surface area contributed by atoms with E-state index < -0.39 is 10.3 Å². The van der Waals surface area contributed by atoms with Crippen LogP contribution in [0.3, 0.4) is 0 Å². The van der Waals surface area contributed by atoms with Crippen molar-refractivity contribution in [2.24, 2.45) is 5.73 Å². The van der Waals surface area contributed by atoms with Crippen molar-refractivity contribution in [3.8, 4) is 24.0 Å². The topological polar surface area (TPSA) is 176 Å². The number of hydrogen-bond acceptors (Lipinski definition) is 9. The first-order valence-corrected chi connectivity index (χ1v) is 9.17. The van der Waals surface area contributed by atoms with Gasteiger partial charge < -0.3 is 10.5 Å². The van der Waals surface area contributed by atoms with Crippen molar-refractivity contribution in [1.82, 2.24) is 9.97 Å². The zero-order valence-electron chi connectivity index (χ0n) is 16.0. The first-order valence-electron chi connectivity index (χ1n) is 9.17. The Labute approximate surface area is 179 Å². The minimum Gasteiger partial charge on any atom is -0.439 e. The van der Waals surface area contributed by atoms with Gasteiger partial charge in [0.15, 0.2) is 0 Å². The lowest BCUT2D eigenvalue weighted by molar-refractivity contribution is -0.384. The van der Waals surface area contributed by atoms with Gasteiger partial charge in [-0.3, -0.25) is 10.1 Å². The number of benzene rings is 3. The van der Waals surface area contributed by atoms with Crippen molar-refractivity contribution >= 4 is 38.5 Å². The Bertz CT molecular complexity index is 1670. The highest BCUT2D eigenvalue weighted by Crippen LogP contribution is 2.49. The van der Waals surface area contributed by atoms with Gasteiger partial charge in [-0.2, -0.15) is 15.8 Å². The van der Waals surface area contributed by atoms with E-state index >= 15 is 0 Å². The van der Waals surface area contributed by atoms with Crippen LogP contribution in [0.2, 0.25) is 0 Å². The third-order valence-electron chi connectivity index (χ3n) is 5.40. The van der Waals surface area contributed by atoms with Gasteiger partial charge >= 0.3 is 0 Å². The molecule has 2 N–H and O–H groups in total. The summed E-state index contributed by atoms with van der Waals surface area (Å²) in [5.41, 5.74) is 4.50. The van der Waals surface area contributed by atoms with Gasteiger partial charge in [0, 0.05) is 22.9 Å². The lowest BCUT2D eigenvalue weighted by Gasteiger charge is -2.29. The summed E-state index contributed by atoms with van der Waals surface area (Å²) in [7, 11) is 0. The third-order valence-corrected chi connectivity index (χ3v) is 5.40. The van der Waals surface area contributed by atoms with Crippen molar-refractivity contribution < 1.29 is 9.66 Å². The van der Waals surface area contributed by atoms with Gasteiger partial charge in [-0.25, -0.2) is 9.97 Å².